The molecule has 3 aromatic carbocycles. The van der Waals surface area contributed by atoms with Crippen LogP contribution in [-0.2, 0) is 11.3 Å². The molecule has 0 spiro atoms. The van der Waals surface area contributed by atoms with Gasteiger partial charge in [0.2, 0.25) is 0 Å². The zero-order chi connectivity index (χ0) is 24.6. The van der Waals surface area contributed by atoms with Crippen molar-refractivity contribution < 1.29 is 14.3 Å². The second-order valence-corrected chi connectivity index (χ2v) is 9.09. The van der Waals surface area contributed by atoms with Gasteiger partial charge < -0.3 is 9.47 Å². The Morgan fingerprint density at radius 3 is 2.69 bits per heavy atom. The maximum atomic E-state index is 13.2. The topological polar surface area (TPSA) is 82.8 Å². The second kappa shape index (κ2) is 8.90. The number of ether oxygens (including phenoxy) is 2. The first-order valence-corrected chi connectivity index (χ1v) is 12.1. The molecule has 0 saturated heterocycles. The minimum absolute atomic E-state index is 0.105. The van der Waals surface area contributed by atoms with Crippen molar-refractivity contribution >= 4 is 43.9 Å². The Morgan fingerprint density at radius 2 is 1.81 bits per heavy atom. The van der Waals surface area contributed by atoms with Gasteiger partial charge in [0, 0.05) is 28.6 Å². The Labute approximate surface area is 209 Å². The van der Waals surface area contributed by atoms with E-state index in [1.165, 1.54) is 21.8 Å². The fourth-order valence-corrected chi connectivity index (χ4v) is 4.92. The molecule has 3 heterocycles. The minimum atomic E-state index is -0.506. The number of para-hydroxylation sites is 1. The summed E-state index contributed by atoms with van der Waals surface area (Å²) in [6.45, 7) is -0.105. The lowest BCUT2D eigenvalue weighted by Gasteiger charge is -2.11. The first-order chi connectivity index (χ1) is 17.6. The number of esters is 1. The number of carbonyl (C=O) groups excluding carboxylic acids is 1. The predicted octanol–water partition coefficient (Wildman–Crippen LogP) is 5.49. The highest BCUT2D eigenvalue weighted by Gasteiger charge is 2.16. The van der Waals surface area contributed by atoms with Gasteiger partial charge >= 0.3 is 5.97 Å². The largest absolute Gasteiger partial charge is 0.497 e. The van der Waals surface area contributed by atoms with E-state index in [4.69, 9.17) is 14.5 Å². The molecular weight excluding hydrogens is 474 g/mol. The number of carbonyl (C=O) groups is 1. The normalized spacial score (nSPS) is 11.2. The number of benzene rings is 3. The zero-order valence-corrected chi connectivity index (χ0v) is 20.0. The van der Waals surface area contributed by atoms with Crippen LogP contribution >= 0.6 is 11.3 Å². The molecule has 176 valence electrons. The predicted molar refractivity (Wildman–Crippen MR) is 140 cm³/mol. The smallest absolute Gasteiger partial charge is 0.339 e. The van der Waals surface area contributed by atoms with Gasteiger partial charge in [-0.05, 0) is 41.1 Å². The molecule has 6 aromatic rings. The number of aromatic nitrogens is 3. The van der Waals surface area contributed by atoms with E-state index in [1.807, 2.05) is 60.7 Å². The Bertz CT molecular complexity index is 1840. The molecule has 0 amide bonds. The monoisotopic (exact) mass is 493 g/mol. The number of thiazole rings is 1. The van der Waals surface area contributed by atoms with Crippen molar-refractivity contribution in [2.75, 3.05) is 7.11 Å². The van der Waals surface area contributed by atoms with Gasteiger partial charge in [-0.25, -0.2) is 14.8 Å². The van der Waals surface area contributed by atoms with Crippen LogP contribution in [-0.4, -0.2) is 27.4 Å². The van der Waals surface area contributed by atoms with Crippen molar-refractivity contribution in [1.29, 1.82) is 0 Å². The fourth-order valence-electron chi connectivity index (χ4n) is 4.18. The molecule has 8 heteroatoms. The van der Waals surface area contributed by atoms with Gasteiger partial charge in [-0.3, -0.25) is 9.20 Å². The maximum absolute atomic E-state index is 13.2. The Morgan fingerprint density at radius 1 is 0.972 bits per heavy atom. The molecule has 0 fully saturated rings. The molecule has 0 aliphatic rings. The van der Waals surface area contributed by atoms with E-state index in [1.54, 1.807) is 24.8 Å². The molecule has 0 atom stereocenters. The summed E-state index contributed by atoms with van der Waals surface area (Å²) >= 11 is 1.35. The molecule has 0 bridgehead atoms. The van der Waals surface area contributed by atoms with Crippen molar-refractivity contribution in [1.82, 2.24) is 14.4 Å². The van der Waals surface area contributed by atoms with Gasteiger partial charge in [-0.2, -0.15) is 0 Å². The molecule has 0 N–H and O–H groups in total. The summed E-state index contributed by atoms with van der Waals surface area (Å²) in [4.78, 5) is 35.2. The van der Waals surface area contributed by atoms with E-state index in [9.17, 15) is 9.59 Å². The molecule has 3 aromatic heterocycles. The van der Waals surface area contributed by atoms with E-state index >= 15 is 0 Å². The van der Waals surface area contributed by atoms with Crippen LogP contribution in [0.3, 0.4) is 0 Å². The van der Waals surface area contributed by atoms with Gasteiger partial charge in [-0.15, -0.1) is 11.3 Å². The first-order valence-electron chi connectivity index (χ1n) is 11.2. The quantitative estimate of drug-likeness (QED) is 0.295. The Balaban J connectivity index is 1.36. The summed E-state index contributed by atoms with van der Waals surface area (Å²) < 4.78 is 12.4. The molecule has 6 rings (SSSR count). The number of fused-ring (bicyclic) bond motifs is 3. The highest BCUT2D eigenvalue weighted by atomic mass is 32.1. The lowest BCUT2D eigenvalue weighted by Crippen LogP contribution is -2.15. The second-order valence-electron chi connectivity index (χ2n) is 8.22. The third-order valence-electron chi connectivity index (χ3n) is 5.99. The van der Waals surface area contributed by atoms with Crippen LogP contribution < -0.4 is 10.3 Å². The third-order valence-corrected chi connectivity index (χ3v) is 6.74. The van der Waals surface area contributed by atoms with Gasteiger partial charge in [0.25, 0.3) is 5.56 Å². The van der Waals surface area contributed by atoms with Crippen LogP contribution in [0.1, 0.15) is 16.1 Å². The van der Waals surface area contributed by atoms with Crippen LogP contribution in [0.4, 0.5) is 0 Å². The highest BCUT2D eigenvalue weighted by Crippen LogP contribution is 2.29. The van der Waals surface area contributed by atoms with E-state index in [0.717, 1.165) is 22.1 Å². The Kier molecular flexibility index (Phi) is 5.42. The first kappa shape index (κ1) is 21.9. The maximum Gasteiger partial charge on any atom is 0.339 e. The number of hydrogen-bond donors (Lipinski definition) is 0. The average Bonchev–Trinajstić information content (AvgIpc) is 3.40. The lowest BCUT2D eigenvalue weighted by atomic mass is 10.0. The highest BCUT2D eigenvalue weighted by molar-refractivity contribution is 7.15. The van der Waals surface area contributed by atoms with Gasteiger partial charge in [0.15, 0.2) is 4.96 Å². The summed E-state index contributed by atoms with van der Waals surface area (Å²) in [7, 11) is 1.64. The average molecular weight is 494 g/mol. The van der Waals surface area contributed by atoms with Crippen LogP contribution in [0.15, 0.2) is 89.2 Å². The number of methoxy groups -OCH3 is 1. The van der Waals surface area contributed by atoms with Crippen LogP contribution in [0.5, 0.6) is 5.75 Å². The zero-order valence-electron chi connectivity index (χ0n) is 19.2. The summed E-state index contributed by atoms with van der Waals surface area (Å²) in [5, 5.41) is 4.56. The number of hydrogen-bond acceptors (Lipinski definition) is 7. The third kappa shape index (κ3) is 3.97. The number of rotatable bonds is 5. The minimum Gasteiger partial charge on any atom is -0.497 e. The van der Waals surface area contributed by atoms with Crippen LogP contribution in [0.2, 0.25) is 0 Å². The van der Waals surface area contributed by atoms with Crippen molar-refractivity contribution in [3.05, 3.63) is 106 Å². The summed E-state index contributed by atoms with van der Waals surface area (Å²) in [5.74, 6) is 0.285. The molecule has 0 saturated carbocycles. The van der Waals surface area contributed by atoms with E-state index in [-0.39, 0.29) is 12.2 Å². The standard InChI is InChI=1S/C28H19N3O4S/c1-34-21-9-8-17-12-19(7-6-18(17)13-21)25-15-23(22-4-2-3-5-24(22)30-25)27(33)35-16-20-14-26(32)31-10-11-36-28(31)29-20/h2-15H,16H2,1H3. The summed E-state index contributed by atoms with van der Waals surface area (Å²) in [6.07, 6.45) is 1.67. The van der Waals surface area contributed by atoms with E-state index < -0.39 is 5.97 Å². The van der Waals surface area contributed by atoms with Gasteiger partial charge in [0.1, 0.15) is 12.4 Å². The summed E-state index contributed by atoms with van der Waals surface area (Å²) in [6, 6.07) is 22.5. The van der Waals surface area contributed by atoms with Crippen molar-refractivity contribution in [2.45, 2.75) is 6.61 Å². The van der Waals surface area contributed by atoms with Crippen molar-refractivity contribution in [3.63, 3.8) is 0 Å². The molecule has 36 heavy (non-hydrogen) atoms. The van der Waals surface area contributed by atoms with Crippen LogP contribution in [0.25, 0.3) is 37.9 Å². The Hall–Kier alpha value is -4.56. The molecule has 0 aliphatic carbocycles. The van der Waals surface area contributed by atoms with Crippen LogP contribution in [0, 0.1) is 0 Å². The molecule has 7 nitrogen and oxygen atoms in total. The van der Waals surface area contributed by atoms with Gasteiger partial charge in [-0.1, -0.05) is 36.4 Å². The van der Waals surface area contributed by atoms with Gasteiger partial charge in [0.05, 0.1) is 29.6 Å². The lowest BCUT2D eigenvalue weighted by molar-refractivity contribution is 0.0470. The SMILES string of the molecule is COc1ccc2cc(-c3cc(C(=O)OCc4cc(=O)n5ccsc5n4)c4ccccc4n3)ccc2c1. The summed E-state index contributed by atoms with van der Waals surface area (Å²) in [5.41, 5.74) is 2.82. The molecule has 0 aliphatic heterocycles. The number of nitrogens with zero attached hydrogens (tertiary/aromatic N) is 3. The van der Waals surface area contributed by atoms with E-state index in [2.05, 4.69) is 4.98 Å². The molecule has 0 radical (unpaired) electrons. The van der Waals surface area contributed by atoms with Crippen molar-refractivity contribution in [3.8, 4) is 17.0 Å². The molecular formula is C28H19N3O4S. The van der Waals surface area contributed by atoms with Crippen molar-refractivity contribution in [2.24, 2.45) is 0 Å². The molecule has 0 unspecified atom stereocenters. The van der Waals surface area contributed by atoms with E-state index in [0.29, 0.717) is 32.8 Å². The fraction of sp³-hybridized carbons (Fsp3) is 0.0714. The number of pyridine rings is 1.